The summed E-state index contributed by atoms with van der Waals surface area (Å²) < 4.78 is 5.75. The van der Waals surface area contributed by atoms with Crippen LogP contribution in [0.15, 0.2) is 48.8 Å². The maximum Gasteiger partial charge on any atom is 0.268 e. The molecule has 0 saturated carbocycles. The molecule has 1 amide bonds. The number of aromatic nitrogens is 3. The van der Waals surface area contributed by atoms with E-state index >= 15 is 0 Å². The van der Waals surface area contributed by atoms with E-state index in [4.69, 9.17) is 27.9 Å². The average molecular weight is 469 g/mol. The monoisotopic (exact) mass is 468 g/mol. The van der Waals surface area contributed by atoms with Crippen molar-refractivity contribution < 1.29 is 9.53 Å². The van der Waals surface area contributed by atoms with Gasteiger partial charge in [0.25, 0.3) is 5.91 Å². The summed E-state index contributed by atoms with van der Waals surface area (Å²) in [4.78, 5) is 28.4. The lowest BCUT2D eigenvalue weighted by atomic mass is 10.2. The molecule has 4 aromatic rings. The van der Waals surface area contributed by atoms with Crippen LogP contribution in [0.4, 0.5) is 23.0 Å². The molecule has 0 aliphatic carbocycles. The van der Waals surface area contributed by atoms with E-state index in [-0.39, 0.29) is 24.1 Å². The van der Waals surface area contributed by atoms with Crippen LogP contribution in [0.3, 0.4) is 0 Å². The summed E-state index contributed by atoms with van der Waals surface area (Å²) in [7, 11) is 3.95. The molecule has 32 heavy (non-hydrogen) atoms. The molecule has 0 radical (unpaired) electrons. The van der Waals surface area contributed by atoms with E-state index < -0.39 is 0 Å². The van der Waals surface area contributed by atoms with Crippen LogP contribution in [0.2, 0.25) is 10.0 Å². The number of carbonyl (C=O) groups is 1. The fourth-order valence-electron chi connectivity index (χ4n) is 3.63. The van der Waals surface area contributed by atoms with Crippen molar-refractivity contribution in [2.45, 2.75) is 0 Å². The number of hydrogen-bond donors (Lipinski definition) is 2. The van der Waals surface area contributed by atoms with Gasteiger partial charge in [0.1, 0.15) is 5.56 Å². The van der Waals surface area contributed by atoms with Gasteiger partial charge in [0.15, 0.2) is 6.73 Å². The van der Waals surface area contributed by atoms with Gasteiger partial charge in [0, 0.05) is 37.6 Å². The van der Waals surface area contributed by atoms with Gasteiger partial charge in [-0.1, -0.05) is 29.3 Å². The maximum atomic E-state index is 13.0. The van der Waals surface area contributed by atoms with Crippen molar-refractivity contribution in [3.05, 3.63) is 64.4 Å². The highest BCUT2D eigenvalue weighted by molar-refractivity contribution is 6.40. The van der Waals surface area contributed by atoms with Gasteiger partial charge in [-0.2, -0.15) is 4.98 Å². The molecule has 8 nitrogen and oxygen atoms in total. The zero-order valence-corrected chi connectivity index (χ0v) is 18.7. The second kappa shape index (κ2) is 7.89. The Labute approximate surface area is 193 Å². The Balaban J connectivity index is 1.45. The molecule has 0 unspecified atom stereocenters. The second-order valence-electron chi connectivity index (χ2n) is 7.45. The van der Waals surface area contributed by atoms with Crippen LogP contribution in [0.25, 0.3) is 10.9 Å². The lowest BCUT2D eigenvalue weighted by Gasteiger charge is -2.29. The molecule has 1 aliphatic rings. The molecule has 1 aliphatic heterocycles. The SMILES string of the molecule is CN(C)c1cc(Nc2ncc3c(n2)OCN(c2c(Cl)cccc2Cl)C3=O)cc2cc[nH]c12. The Morgan fingerprint density at radius 1 is 1.19 bits per heavy atom. The molecule has 0 bridgehead atoms. The number of anilines is 4. The number of carbonyl (C=O) groups excluding carboxylic acids is 1. The minimum Gasteiger partial charge on any atom is -0.455 e. The lowest BCUT2D eigenvalue weighted by molar-refractivity contribution is 0.0932. The molecule has 2 N–H and O–H groups in total. The number of nitrogens with one attached hydrogen (secondary N) is 2. The molecule has 0 spiro atoms. The van der Waals surface area contributed by atoms with E-state index in [1.54, 1.807) is 18.2 Å². The Bertz CT molecular complexity index is 1330. The van der Waals surface area contributed by atoms with Crippen LogP contribution in [0.5, 0.6) is 5.88 Å². The number of rotatable bonds is 4. The molecule has 0 atom stereocenters. The second-order valence-corrected chi connectivity index (χ2v) is 8.26. The third-order valence-corrected chi connectivity index (χ3v) is 5.75. The van der Waals surface area contributed by atoms with Gasteiger partial charge in [-0.15, -0.1) is 0 Å². The number of fused-ring (bicyclic) bond motifs is 2. The standard InChI is InChI=1S/C22H18Cl2N6O2/c1-29(2)17-9-13(8-12-6-7-25-18(12)17)27-22-26-10-14-20(28-22)32-11-30(21(14)31)19-15(23)4-3-5-16(19)24/h3-10,25H,11H2,1-2H3,(H,26,27,28). The van der Waals surface area contributed by atoms with Crippen LogP contribution in [0, 0.1) is 0 Å². The first-order valence-corrected chi connectivity index (χ1v) is 10.5. The van der Waals surface area contributed by atoms with Crippen molar-refractivity contribution in [1.82, 2.24) is 15.0 Å². The van der Waals surface area contributed by atoms with E-state index in [9.17, 15) is 4.79 Å². The fraction of sp³-hybridized carbons (Fsp3) is 0.136. The normalized spacial score (nSPS) is 13.1. The zero-order chi connectivity index (χ0) is 22.4. The van der Waals surface area contributed by atoms with Gasteiger partial charge in [0.05, 0.1) is 26.9 Å². The predicted octanol–water partition coefficient (Wildman–Crippen LogP) is 5.07. The van der Waals surface area contributed by atoms with Gasteiger partial charge in [-0.05, 0) is 30.3 Å². The summed E-state index contributed by atoms with van der Waals surface area (Å²) in [6.45, 7) is -0.0637. The Kier molecular flexibility index (Phi) is 5.03. The lowest BCUT2D eigenvalue weighted by Crippen LogP contribution is -2.39. The summed E-state index contributed by atoms with van der Waals surface area (Å²) >= 11 is 12.5. The first-order valence-electron chi connectivity index (χ1n) is 9.73. The summed E-state index contributed by atoms with van der Waals surface area (Å²) in [5.41, 5.74) is 3.50. The highest BCUT2D eigenvalue weighted by atomic mass is 35.5. The fourth-order valence-corrected chi connectivity index (χ4v) is 4.23. The Morgan fingerprint density at radius 2 is 1.97 bits per heavy atom. The third-order valence-electron chi connectivity index (χ3n) is 5.14. The predicted molar refractivity (Wildman–Crippen MR) is 127 cm³/mol. The summed E-state index contributed by atoms with van der Waals surface area (Å²) in [5, 5.41) is 4.96. The first kappa shape index (κ1) is 20.4. The van der Waals surface area contributed by atoms with Crippen molar-refractivity contribution in [2.75, 3.05) is 35.9 Å². The van der Waals surface area contributed by atoms with Gasteiger partial charge in [-0.3, -0.25) is 9.69 Å². The van der Waals surface area contributed by atoms with Crippen LogP contribution >= 0.6 is 23.2 Å². The van der Waals surface area contributed by atoms with Gasteiger partial charge < -0.3 is 19.9 Å². The van der Waals surface area contributed by atoms with Crippen molar-refractivity contribution in [3.8, 4) is 5.88 Å². The topological polar surface area (TPSA) is 86.4 Å². The minimum atomic E-state index is -0.337. The molecular formula is C22H18Cl2N6O2. The third kappa shape index (κ3) is 3.47. The molecule has 10 heteroatoms. The van der Waals surface area contributed by atoms with Crippen molar-refractivity contribution >= 4 is 63.0 Å². The highest BCUT2D eigenvalue weighted by Crippen LogP contribution is 2.37. The minimum absolute atomic E-state index is 0.0637. The Morgan fingerprint density at radius 3 is 2.72 bits per heavy atom. The van der Waals surface area contributed by atoms with Crippen LogP contribution in [-0.4, -0.2) is 41.7 Å². The Hall–Kier alpha value is -3.49. The number of halogens is 2. The number of hydrogen-bond acceptors (Lipinski definition) is 6. The number of ether oxygens (including phenoxy) is 1. The number of nitrogens with zero attached hydrogens (tertiary/aromatic N) is 4. The number of aromatic amines is 1. The summed E-state index contributed by atoms with van der Waals surface area (Å²) in [5.74, 6) is 0.180. The summed E-state index contributed by atoms with van der Waals surface area (Å²) in [6.07, 6.45) is 3.33. The van der Waals surface area contributed by atoms with Gasteiger partial charge in [0.2, 0.25) is 11.8 Å². The number of benzene rings is 2. The molecule has 2 aromatic carbocycles. The van der Waals surface area contributed by atoms with Crippen molar-refractivity contribution in [2.24, 2.45) is 0 Å². The van der Waals surface area contributed by atoms with E-state index in [1.807, 2.05) is 43.4 Å². The van der Waals surface area contributed by atoms with Crippen LogP contribution in [-0.2, 0) is 0 Å². The van der Waals surface area contributed by atoms with Gasteiger partial charge in [-0.25, -0.2) is 4.98 Å². The number of para-hydroxylation sites is 1. The molecular weight excluding hydrogens is 451 g/mol. The molecule has 5 rings (SSSR count). The van der Waals surface area contributed by atoms with Crippen LogP contribution < -0.4 is 19.9 Å². The van der Waals surface area contributed by atoms with Crippen molar-refractivity contribution in [3.63, 3.8) is 0 Å². The smallest absolute Gasteiger partial charge is 0.268 e. The van der Waals surface area contributed by atoms with Crippen molar-refractivity contribution in [1.29, 1.82) is 0 Å². The highest BCUT2D eigenvalue weighted by Gasteiger charge is 2.31. The number of H-pyrrole nitrogens is 1. The molecule has 0 saturated heterocycles. The van der Waals surface area contributed by atoms with Gasteiger partial charge >= 0.3 is 0 Å². The zero-order valence-electron chi connectivity index (χ0n) is 17.2. The largest absolute Gasteiger partial charge is 0.455 e. The molecule has 162 valence electrons. The molecule has 0 fully saturated rings. The van der Waals surface area contributed by atoms with E-state index in [0.29, 0.717) is 21.7 Å². The average Bonchev–Trinajstić information content (AvgIpc) is 3.23. The quantitative estimate of drug-likeness (QED) is 0.434. The maximum absolute atomic E-state index is 13.0. The van der Waals surface area contributed by atoms with Crippen LogP contribution in [0.1, 0.15) is 10.4 Å². The number of amides is 1. The van der Waals surface area contributed by atoms with E-state index in [1.165, 1.54) is 11.1 Å². The van der Waals surface area contributed by atoms with E-state index in [0.717, 1.165) is 22.3 Å². The molecule has 2 aromatic heterocycles. The summed E-state index contributed by atoms with van der Waals surface area (Å²) in [6, 6.07) is 11.0. The first-order chi connectivity index (χ1) is 15.4. The van der Waals surface area contributed by atoms with E-state index in [2.05, 4.69) is 20.3 Å². The molecule has 3 heterocycles.